The Kier molecular flexibility index (Phi) is 5.76. The maximum absolute atomic E-state index is 13.8. The molecule has 7 N–H and O–H groups in total. The van der Waals surface area contributed by atoms with E-state index in [0.717, 1.165) is 12.1 Å². The number of aromatic hydroxyl groups is 4. The summed E-state index contributed by atoms with van der Waals surface area (Å²) in [5.74, 6) is -5.06. The molecule has 3 aliphatic heterocycles. The average Bonchev–Trinajstić information content (AvgIpc) is 3.16. The smallest absolute Gasteiger partial charge is 0.256 e. The number of ketones is 1. The van der Waals surface area contributed by atoms with Gasteiger partial charge in [0.25, 0.3) is 5.78 Å². The molecule has 244 valence electrons. The molecule has 6 atom stereocenters. The summed E-state index contributed by atoms with van der Waals surface area (Å²) in [6.07, 6.45) is -3.12. The average molecular weight is 653 g/mol. The van der Waals surface area contributed by atoms with Crippen molar-refractivity contribution in [1.29, 1.82) is 0 Å². The second-order valence-corrected chi connectivity index (χ2v) is 13.0. The zero-order valence-corrected chi connectivity index (χ0v) is 25.0. The summed E-state index contributed by atoms with van der Waals surface area (Å²) in [7, 11) is 0. The molecular formula is C35H28N2O11. The molecule has 3 aromatic carbocycles. The van der Waals surface area contributed by atoms with Crippen LogP contribution in [0.4, 0.5) is 0 Å². The van der Waals surface area contributed by atoms with Gasteiger partial charge in [0, 0.05) is 66.6 Å². The number of aliphatic hydroxyl groups is 3. The fraction of sp³-hybridized carbons (Fsp3) is 0.286. The summed E-state index contributed by atoms with van der Waals surface area (Å²) in [5.41, 5.74) is 1.08. The highest BCUT2D eigenvalue weighted by atomic mass is 16.7. The Hall–Kier alpha value is -5.37. The molecule has 0 unspecified atom stereocenters. The van der Waals surface area contributed by atoms with E-state index in [1.54, 1.807) is 30.3 Å². The second kappa shape index (κ2) is 9.60. The number of hydrogen-bond acceptors (Lipinski definition) is 13. The SMILES string of the molecule is O=C1C(O)=C2c3nc4ccccc4nc3CC([C@H]3Oc4cc(O)cc(O)c4C[C@H]3O)=C[C@@]23C[C@]1(O)O[C@@H]1Cc2c(O)cc(O)cc2O[C@@H]13. The number of phenols is 4. The number of hydrogen-bond donors (Lipinski definition) is 7. The number of Topliss-reactive ketones (excluding diaryl/α,β-unsaturated/α-hetero) is 1. The number of aliphatic hydroxyl groups excluding tert-OH is 2. The van der Waals surface area contributed by atoms with Crippen molar-refractivity contribution in [2.24, 2.45) is 5.41 Å². The van der Waals surface area contributed by atoms with Crippen molar-refractivity contribution in [2.45, 2.75) is 55.9 Å². The summed E-state index contributed by atoms with van der Waals surface area (Å²) in [6.45, 7) is 0. The van der Waals surface area contributed by atoms with Crippen molar-refractivity contribution in [1.82, 2.24) is 9.97 Å². The highest BCUT2D eigenvalue weighted by Gasteiger charge is 2.67. The molecule has 2 aliphatic carbocycles. The molecule has 9 rings (SSSR count). The highest BCUT2D eigenvalue weighted by molar-refractivity contribution is 6.08. The first kappa shape index (κ1) is 28.8. The molecular weight excluding hydrogens is 624 g/mol. The summed E-state index contributed by atoms with van der Waals surface area (Å²) in [4.78, 5) is 23.5. The van der Waals surface area contributed by atoms with Crippen LogP contribution in [-0.2, 0) is 28.8 Å². The van der Waals surface area contributed by atoms with Crippen LogP contribution in [-0.4, -0.2) is 81.7 Å². The maximum atomic E-state index is 13.8. The topological polar surface area (TPSA) is 212 Å². The van der Waals surface area contributed by atoms with E-state index in [1.807, 2.05) is 0 Å². The lowest BCUT2D eigenvalue weighted by Gasteiger charge is -2.55. The molecule has 2 bridgehead atoms. The third-order valence-corrected chi connectivity index (χ3v) is 10.1. The summed E-state index contributed by atoms with van der Waals surface area (Å²) < 4.78 is 18.8. The number of rotatable bonds is 1. The van der Waals surface area contributed by atoms with E-state index in [2.05, 4.69) is 0 Å². The maximum Gasteiger partial charge on any atom is 0.256 e. The Bertz CT molecular complexity index is 2180. The predicted molar refractivity (Wildman–Crippen MR) is 165 cm³/mol. The van der Waals surface area contributed by atoms with Crippen LogP contribution in [0.25, 0.3) is 16.6 Å². The van der Waals surface area contributed by atoms with E-state index in [-0.39, 0.29) is 65.0 Å². The van der Waals surface area contributed by atoms with Gasteiger partial charge in [-0.25, -0.2) is 9.97 Å². The van der Waals surface area contributed by atoms with Crippen molar-refractivity contribution in [3.63, 3.8) is 0 Å². The predicted octanol–water partition coefficient (Wildman–Crippen LogP) is 2.62. The minimum absolute atomic E-state index is 0.0224. The number of fused-ring (bicyclic) bond motifs is 7. The van der Waals surface area contributed by atoms with Crippen LogP contribution < -0.4 is 9.47 Å². The first-order valence-corrected chi connectivity index (χ1v) is 15.4. The number of benzene rings is 3. The molecule has 4 aromatic rings. The molecule has 0 amide bonds. The van der Waals surface area contributed by atoms with Gasteiger partial charge in [-0.05, 0) is 17.7 Å². The van der Waals surface area contributed by atoms with Crippen molar-refractivity contribution < 1.29 is 54.8 Å². The fourth-order valence-corrected chi connectivity index (χ4v) is 8.10. The molecule has 1 aromatic heterocycles. The van der Waals surface area contributed by atoms with E-state index in [4.69, 9.17) is 24.2 Å². The quantitative estimate of drug-likeness (QED) is 0.148. The number of carbonyl (C=O) groups excluding carboxylic acids is 1. The van der Waals surface area contributed by atoms with Crippen LogP contribution >= 0.6 is 0 Å². The lowest BCUT2D eigenvalue weighted by molar-refractivity contribution is -0.281. The highest BCUT2D eigenvalue weighted by Crippen LogP contribution is 2.60. The third kappa shape index (κ3) is 3.92. The normalized spacial score (nSPS) is 30.0. The summed E-state index contributed by atoms with van der Waals surface area (Å²) in [6, 6.07) is 12.1. The zero-order chi connectivity index (χ0) is 33.3. The van der Waals surface area contributed by atoms with Gasteiger partial charge >= 0.3 is 0 Å². The van der Waals surface area contributed by atoms with E-state index in [1.165, 1.54) is 12.1 Å². The first-order chi connectivity index (χ1) is 22.9. The number of nitrogens with zero attached hydrogens (tertiary/aromatic N) is 2. The van der Waals surface area contributed by atoms with Gasteiger partial charge in [-0.15, -0.1) is 0 Å². The van der Waals surface area contributed by atoms with Crippen molar-refractivity contribution in [3.8, 4) is 34.5 Å². The molecule has 1 saturated heterocycles. The van der Waals surface area contributed by atoms with E-state index in [0.29, 0.717) is 33.4 Å². The fourth-order valence-electron chi connectivity index (χ4n) is 8.10. The van der Waals surface area contributed by atoms with Gasteiger partial charge in [0.1, 0.15) is 52.8 Å². The molecule has 4 heterocycles. The van der Waals surface area contributed by atoms with E-state index in [9.17, 15) is 40.5 Å². The van der Waals surface area contributed by atoms with Gasteiger partial charge in [0.2, 0.25) is 5.79 Å². The first-order valence-electron chi connectivity index (χ1n) is 15.4. The molecule has 13 heteroatoms. The molecule has 1 spiro atoms. The molecule has 48 heavy (non-hydrogen) atoms. The van der Waals surface area contributed by atoms with Gasteiger partial charge in [-0.1, -0.05) is 18.2 Å². The van der Waals surface area contributed by atoms with Crippen molar-refractivity contribution >= 4 is 22.4 Å². The van der Waals surface area contributed by atoms with Crippen LogP contribution in [0.15, 0.2) is 65.9 Å². The molecule has 13 nitrogen and oxygen atoms in total. The van der Waals surface area contributed by atoms with Crippen molar-refractivity contribution in [2.75, 3.05) is 0 Å². The Labute approximate surface area is 271 Å². The summed E-state index contributed by atoms with van der Waals surface area (Å²) >= 11 is 0. The molecule has 0 saturated carbocycles. The van der Waals surface area contributed by atoms with Crippen LogP contribution in [0.3, 0.4) is 0 Å². The Morgan fingerprint density at radius 3 is 2.19 bits per heavy atom. The molecule has 1 fully saturated rings. The monoisotopic (exact) mass is 652 g/mol. The summed E-state index contributed by atoms with van der Waals surface area (Å²) in [5, 5.41) is 76.7. The number of phenolic OH excluding ortho intramolecular Hbond substituents is 4. The van der Waals surface area contributed by atoms with Gasteiger partial charge in [-0.3, -0.25) is 4.79 Å². The van der Waals surface area contributed by atoms with Crippen LogP contribution in [0.5, 0.6) is 34.5 Å². The standard InChI is InChI=1S/C35H28N2O11/c38-15-6-22(40)17-10-24(42)31(46-25(17)8-15)14-5-21-29(37-20-4-2-1-3-19(20)36-21)28-30(43)32(44)35(45)13-34(28,12-14)33-27(48-35)11-18-23(41)7-16(39)9-26(18)47-33/h1-4,6-9,12,24,27,31,33,38-43,45H,5,10-11,13H2/t24-,27-,31-,33+,34-,35+/m1/s1. The number of aromatic nitrogens is 2. The van der Waals surface area contributed by atoms with Crippen LogP contribution in [0, 0.1) is 5.41 Å². The zero-order valence-electron chi connectivity index (χ0n) is 25.0. The van der Waals surface area contributed by atoms with E-state index >= 15 is 0 Å². The van der Waals surface area contributed by atoms with Crippen LogP contribution in [0.2, 0.25) is 0 Å². The second-order valence-electron chi connectivity index (χ2n) is 13.0. The number of para-hydroxylation sites is 2. The van der Waals surface area contributed by atoms with Gasteiger partial charge in [-0.2, -0.15) is 0 Å². The van der Waals surface area contributed by atoms with Gasteiger partial charge in [0.05, 0.1) is 33.9 Å². The Morgan fingerprint density at radius 2 is 1.48 bits per heavy atom. The minimum Gasteiger partial charge on any atom is -0.508 e. The lowest BCUT2D eigenvalue weighted by atomic mass is 9.60. The molecule has 0 radical (unpaired) electrons. The Morgan fingerprint density at radius 1 is 0.833 bits per heavy atom. The van der Waals surface area contributed by atoms with Crippen molar-refractivity contribution in [3.05, 3.63) is 88.5 Å². The van der Waals surface area contributed by atoms with E-state index < -0.39 is 53.6 Å². The third-order valence-electron chi connectivity index (χ3n) is 10.1. The number of ether oxygens (including phenoxy) is 3. The molecule has 5 aliphatic rings. The largest absolute Gasteiger partial charge is 0.508 e. The van der Waals surface area contributed by atoms with Crippen LogP contribution in [0.1, 0.15) is 28.9 Å². The minimum atomic E-state index is -2.51. The van der Waals surface area contributed by atoms with Gasteiger partial charge < -0.3 is 50.0 Å². The van der Waals surface area contributed by atoms with Gasteiger partial charge in [0.15, 0.2) is 5.76 Å². The lowest BCUT2D eigenvalue weighted by Crippen LogP contribution is -2.66. The Balaban J connectivity index is 1.31. The number of carbonyl (C=O) groups is 1.